The van der Waals surface area contributed by atoms with E-state index in [0.717, 1.165) is 41.4 Å². The van der Waals surface area contributed by atoms with Gasteiger partial charge >= 0.3 is 0 Å². The molecule has 1 aliphatic carbocycles. The zero-order chi connectivity index (χ0) is 25.2. The molecule has 35 heavy (non-hydrogen) atoms. The minimum Gasteiger partial charge on any atom is -0.350 e. The average Bonchev–Trinajstić information content (AvgIpc) is 2.84. The van der Waals surface area contributed by atoms with Crippen LogP contribution in [-0.2, 0) is 14.8 Å². The maximum absolute atomic E-state index is 13.6. The van der Waals surface area contributed by atoms with Crippen LogP contribution in [-0.4, -0.2) is 60.8 Å². The van der Waals surface area contributed by atoms with E-state index < -0.39 is 33.8 Å². The van der Waals surface area contributed by atoms with Crippen molar-refractivity contribution in [1.82, 2.24) is 14.5 Å². The molecule has 1 saturated heterocycles. The molecule has 1 atom stereocenters. The Hall–Kier alpha value is -2.34. The lowest BCUT2D eigenvalue weighted by molar-refractivity contribution is -0.132. The number of halogens is 2. The molecule has 1 saturated carbocycles. The van der Waals surface area contributed by atoms with E-state index in [2.05, 4.69) is 21.2 Å². The number of sulfonamides is 1. The standard InChI is InChI=1S/C24H28BrFN4O4S/c25-17-4-1-3-16(15-17)24(32)29-13-2-14-30(35(33,34)21-11-5-18(26)6-12-21)23(29)22(31)28-20-9-7-19(27)8-10-20/h1,3-6,11-12,15,19-20,23H,2,7-10,13-14,27H2,(H,28,31). The van der Waals surface area contributed by atoms with E-state index >= 15 is 0 Å². The molecule has 2 aromatic rings. The lowest BCUT2D eigenvalue weighted by atomic mass is 9.92. The maximum atomic E-state index is 13.6. The summed E-state index contributed by atoms with van der Waals surface area (Å²) in [4.78, 5) is 28.2. The largest absolute Gasteiger partial charge is 0.350 e. The number of nitrogens with zero attached hydrogens (tertiary/aromatic N) is 2. The summed E-state index contributed by atoms with van der Waals surface area (Å²) >= 11 is 3.35. The van der Waals surface area contributed by atoms with Gasteiger partial charge in [0.1, 0.15) is 5.82 Å². The van der Waals surface area contributed by atoms with Crippen LogP contribution < -0.4 is 11.1 Å². The van der Waals surface area contributed by atoms with Crippen molar-refractivity contribution in [3.63, 3.8) is 0 Å². The topological polar surface area (TPSA) is 113 Å². The van der Waals surface area contributed by atoms with Crippen LogP contribution in [0.25, 0.3) is 0 Å². The Morgan fingerprint density at radius 2 is 1.71 bits per heavy atom. The van der Waals surface area contributed by atoms with Gasteiger partial charge in [-0.05, 0) is 74.6 Å². The van der Waals surface area contributed by atoms with Crippen molar-refractivity contribution in [2.75, 3.05) is 13.1 Å². The second-order valence-electron chi connectivity index (χ2n) is 8.93. The fourth-order valence-corrected chi connectivity index (χ4v) is 6.59. The first-order valence-electron chi connectivity index (χ1n) is 11.6. The molecule has 2 amide bonds. The second kappa shape index (κ2) is 10.7. The molecular formula is C24H28BrFN4O4S. The zero-order valence-corrected chi connectivity index (χ0v) is 21.5. The SMILES string of the molecule is NC1CCC(NC(=O)C2N(C(=O)c3cccc(Br)c3)CCCN2S(=O)(=O)c2ccc(F)cc2)CC1. The summed E-state index contributed by atoms with van der Waals surface area (Å²) in [7, 11) is -4.20. The summed E-state index contributed by atoms with van der Waals surface area (Å²) in [6.45, 7) is 0.268. The minimum atomic E-state index is -4.20. The summed E-state index contributed by atoms with van der Waals surface area (Å²) in [6, 6.07) is 11.1. The van der Waals surface area contributed by atoms with Gasteiger partial charge in [0.2, 0.25) is 10.0 Å². The van der Waals surface area contributed by atoms with Crippen LogP contribution in [0.5, 0.6) is 0 Å². The molecular weight excluding hydrogens is 539 g/mol. The second-order valence-corrected chi connectivity index (χ2v) is 11.7. The molecule has 2 aliphatic rings. The van der Waals surface area contributed by atoms with E-state index in [9.17, 15) is 22.4 Å². The summed E-state index contributed by atoms with van der Waals surface area (Å²) in [5, 5.41) is 2.96. The Bertz CT molecular complexity index is 1190. The smallest absolute Gasteiger partial charge is 0.259 e. The van der Waals surface area contributed by atoms with Gasteiger partial charge in [0.15, 0.2) is 6.17 Å². The van der Waals surface area contributed by atoms with Crippen LogP contribution in [0.2, 0.25) is 0 Å². The number of amides is 2. The number of rotatable bonds is 5. The highest BCUT2D eigenvalue weighted by molar-refractivity contribution is 9.10. The third-order valence-electron chi connectivity index (χ3n) is 6.45. The highest BCUT2D eigenvalue weighted by Gasteiger charge is 2.44. The Balaban J connectivity index is 1.69. The first kappa shape index (κ1) is 25.7. The van der Waals surface area contributed by atoms with Gasteiger partial charge in [-0.1, -0.05) is 22.0 Å². The molecule has 0 radical (unpaired) electrons. The minimum absolute atomic E-state index is 0.0512. The lowest BCUT2D eigenvalue weighted by Gasteiger charge is -2.42. The predicted molar refractivity (Wildman–Crippen MR) is 132 cm³/mol. The van der Waals surface area contributed by atoms with Crippen LogP contribution >= 0.6 is 15.9 Å². The monoisotopic (exact) mass is 566 g/mol. The van der Waals surface area contributed by atoms with Crippen LogP contribution in [0.4, 0.5) is 4.39 Å². The summed E-state index contributed by atoms with van der Waals surface area (Å²) < 4.78 is 42.3. The molecule has 1 aliphatic heterocycles. The van der Waals surface area contributed by atoms with E-state index in [1.807, 2.05) is 0 Å². The van der Waals surface area contributed by atoms with Gasteiger partial charge in [0, 0.05) is 35.2 Å². The molecule has 3 N–H and O–H groups in total. The quantitative estimate of drug-likeness (QED) is 0.577. The van der Waals surface area contributed by atoms with Crippen molar-refractivity contribution in [3.8, 4) is 0 Å². The van der Waals surface area contributed by atoms with E-state index in [1.54, 1.807) is 24.3 Å². The fourth-order valence-electron chi connectivity index (χ4n) is 4.60. The fraction of sp³-hybridized carbons (Fsp3) is 0.417. The van der Waals surface area contributed by atoms with E-state index in [0.29, 0.717) is 29.3 Å². The Morgan fingerprint density at radius 3 is 2.37 bits per heavy atom. The first-order chi connectivity index (χ1) is 16.7. The van der Waals surface area contributed by atoms with Gasteiger partial charge in [0.25, 0.3) is 11.8 Å². The summed E-state index contributed by atoms with van der Waals surface area (Å²) in [6.07, 6.45) is 1.86. The molecule has 0 aromatic heterocycles. The molecule has 0 spiro atoms. The predicted octanol–water partition coefficient (Wildman–Crippen LogP) is 2.84. The van der Waals surface area contributed by atoms with Crippen LogP contribution in [0.1, 0.15) is 42.5 Å². The number of hydrogen-bond donors (Lipinski definition) is 2. The molecule has 1 heterocycles. The molecule has 11 heteroatoms. The van der Waals surface area contributed by atoms with Gasteiger partial charge in [-0.25, -0.2) is 12.8 Å². The van der Waals surface area contributed by atoms with Crippen molar-refractivity contribution in [2.24, 2.45) is 5.73 Å². The van der Waals surface area contributed by atoms with Crippen molar-refractivity contribution in [2.45, 2.75) is 55.2 Å². The van der Waals surface area contributed by atoms with Crippen LogP contribution in [0, 0.1) is 5.82 Å². The van der Waals surface area contributed by atoms with Crippen molar-refractivity contribution in [1.29, 1.82) is 0 Å². The number of carbonyl (C=O) groups is 2. The average molecular weight is 567 g/mol. The third-order valence-corrected chi connectivity index (χ3v) is 8.81. The summed E-state index contributed by atoms with van der Waals surface area (Å²) in [5.74, 6) is -1.57. The number of carbonyl (C=O) groups excluding carboxylic acids is 2. The molecule has 8 nitrogen and oxygen atoms in total. The first-order valence-corrected chi connectivity index (χ1v) is 13.8. The van der Waals surface area contributed by atoms with Crippen LogP contribution in [0.3, 0.4) is 0 Å². The van der Waals surface area contributed by atoms with Crippen molar-refractivity contribution in [3.05, 3.63) is 64.4 Å². The van der Waals surface area contributed by atoms with E-state index in [1.165, 1.54) is 4.90 Å². The normalized spacial score (nSPS) is 23.6. The lowest BCUT2D eigenvalue weighted by Crippen LogP contribution is -2.64. The summed E-state index contributed by atoms with van der Waals surface area (Å²) in [5.41, 5.74) is 6.31. The number of nitrogens with two attached hydrogens (primary N) is 1. The third kappa shape index (κ3) is 5.74. The molecule has 188 valence electrons. The Kier molecular flexibility index (Phi) is 7.89. The number of benzene rings is 2. The number of hydrogen-bond acceptors (Lipinski definition) is 5. The zero-order valence-electron chi connectivity index (χ0n) is 19.1. The van der Waals surface area contributed by atoms with Gasteiger partial charge in [-0.2, -0.15) is 4.31 Å². The van der Waals surface area contributed by atoms with E-state index in [4.69, 9.17) is 5.73 Å². The van der Waals surface area contributed by atoms with Gasteiger partial charge in [-0.15, -0.1) is 0 Å². The molecule has 2 aromatic carbocycles. The van der Waals surface area contributed by atoms with Gasteiger partial charge in [0.05, 0.1) is 4.90 Å². The molecule has 0 bridgehead atoms. The highest BCUT2D eigenvalue weighted by atomic mass is 79.9. The van der Waals surface area contributed by atoms with Gasteiger partial charge < -0.3 is 16.0 Å². The van der Waals surface area contributed by atoms with Crippen LogP contribution in [0.15, 0.2) is 57.9 Å². The molecule has 2 fully saturated rings. The highest BCUT2D eigenvalue weighted by Crippen LogP contribution is 2.27. The Morgan fingerprint density at radius 1 is 1.03 bits per heavy atom. The Labute approximate surface area is 212 Å². The van der Waals surface area contributed by atoms with E-state index in [-0.39, 0.29) is 30.1 Å². The van der Waals surface area contributed by atoms with Crippen molar-refractivity contribution >= 4 is 37.8 Å². The van der Waals surface area contributed by atoms with Gasteiger partial charge in [-0.3, -0.25) is 9.59 Å². The number of nitrogens with one attached hydrogen (secondary N) is 1. The molecule has 4 rings (SSSR count). The maximum Gasteiger partial charge on any atom is 0.259 e. The molecule has 1 unspecified atom stereocenters. The van der Waals surface area contributed by atoms with Crippen molar-refractivity contribution < 1.29 is 22.4 Å².